The number of nitriles is 1. The second-order valence-corrected chi connectivity index (χ2v) is 8.07. The van der Waals surface area contributed by atoms with Crippen LogP contribution in [0.4, 0.5) is 11.4 Å². The van der Waals surface area contributed by atoms with Gasteiger partial charge >= 0.3 is 0 Å². The van der Waals surface area contributed by atoms with Crippen molar-refractivity contribution in [2.75, 3.05) is 19.0 Å². The van der Waals surface area contributed by atoms with Gasteiger partial charge in [-0.3, -0.25) is 0 Å². The minimum Gasteiger partial charge on any atom is -0.385 e. The molecule has 0 spiro atoms. The maximum absolute atomic E-state index is 9.70. The molecule has 0 atom stereocenters. The molecule has 0 saturated carbocycles. The smallest absolute Gasteiger partial charge is 0.126 e. The topological polar surface area (TPSA) is 73.7 Å². The zero-order valence-electron chi connectivity index (χ0n) is 17.0. The van der Waals surface area contributed by atoms with Crippen LogP contribution >= 0.6 is 11.3 Å². The minimum absolute atomic E-state index is 0.518. The number of aromatic nitrogens is 2. The third kappa shape index (κ3) is 3.62. The van der Waals surface area contributed by atoms with Crippen molar-refractivity contribution in [3.05, 3.63) is 65.0 Å². The highest BCUT2D eigenvalue weighted by Crippen LogP contribution is 2.38. The zero-order valence-corrected chi connectivity index (χ0v) is 17.8. The Hall–Kier alpha value is -3.36. The number of ether oxygens (including phenoxy) is 1. The summed E-state index contributed by atoms with van der Waals surface area (Å²) in [7, 11) is 1.70. The van der Waals surface area contributed by atoms with E-state index in [4.69, 9.17) is 4.74 Å². The molecule has 0 aliphatic carbocycles. The molecule has 4 rings (SSSR count). The Balaban J connectivity index is 1.78. The van der Waals surface area contributed by atoms with Gasteiger partial charge in [-0.25, -0.2) is 4.98 Å². The van der Waals surface area contributed by atoms with E-state index in [2.05, 4.69) is 52.7 Å². The summed E-state index contributed by atoms with van der Waals surface area (Å²) in [6.45, 7) is 6.63. The summed E-state index contributed by atoms with van der Waals surface area (Å²) in [6.07, 6.45) is 5.31. The molecule has 0 radical (unpaired) electrons. The predicted octanol–water partition coefficient (Wildman–Crippen LogP) is 6.30. The molecule has 0 amide bonds. The lowest BCUT2D eigenvalue weighted by molar-refractivity contribution is 0.196. The van der Waals surface area contributed by atoms with Crippen LogP contribution in [0.25, 0.3) is 26.7 Å². The van der Waals surface area contributed by atoms with Gasteiger partial charge in [0.05, 0.1) is 11.3 Å². The van der Waals surface area contributed by atoms with Gasteiger partial charge in [-0.1, -0.05) is 6.58 Å². The predicted molar refractivity (Wildman–Crippen MR) is 124 cm³/mol. The van der Waals surface area contributed by atoms with Crippen LogP contribution in [0, 0.1) is 18.3 Å². The molecular weight excluding hydrogens is 392 g/mol. The molecule has 6 heteroatoms. The van der Waals surface area contributed by atoms with Gasteiger partial charge in [0.25, 0.3) is 0 Å². The van der Waals surface area contributed by atoms with Gasteiger partial charge in [-0.15, -0.1) is 17.1 Å². The van der Waals surface area contributed by atoms with Crippen LogP contribution in [-0.2, 0) is 4.74 Å². The highest BCUT2D eigenvalue weighted by molar-refractivity contribution is 7.19. The number of hydrogen-bond donors (Lipinski definition) is 2. The van der Waals surface area contributed by atoms with E-state index >= 15 is 0 Å². The number of nitrogens with zero attached hydrogens (tertiary/aromatic N) is 2. The molecule has 3 heterocycles. The highest BCUT2D eigenvalue weighted by Gasteiger charge is 2.16. The number of aryl methyl sites for hydroxylation is 1. The molecule has 0 aliphatic rings. The van der Waals surface area contributed by atoms with E-state index in [1.807, 2.05) is 18.3 Å². The summed E-state index contributed by atoms with van der Waals surface area (Å²) in [5.41, 5.74) is 8.60. The quantitative estimate of drug-likeness (QED) is 0.275. The fraction of sp³-hybridized carbons (Fsp3) is 0.208. The van der Waals surface area contributed by atoms with Crippen LogP contribution < -0.4 is 5.32 Å². The summed E-state index contributed by atoms with van der Waals surface area (Å²) < 4.78 is 5.16. The lowest BCUT2D eigenvalue weighted by atomic mass is 10.1. The van der Waals surface area contributed by atoms with Gasteiger partial charge in [0.2, 0.25) is 0 Å². The highest BCUT2D eigenvalue weighted by atomic mass is 32.1. The summed E-state index contributed by atoms with van der Waals surface area (Å²) >= 11 is 1.59. The molecular formula is C24H22N4OS. The van der Waals surface area contributed by atoms with Gasteiger partial charge in [-0.05, 0) is 49.6 Å². The number of H-pyrrole nitrogens is 1. The Kier molecular flexibility index (Phi) is 5.69. The van der Waals surface area contributed by atoms with E-state index in [0.29, 0.717) is 12.2 Å². The van der Waals surface area contributed by atoms with Crippen LogP contribution in [-0.4, -0.2) is 23.7 Å². The molecule has 1 aromatic carbocycles. The first-order valence-corrected chi connectivity index (χ1v) is 10.5. The number of hydrogen-bond acceptors (Lipinski definition) is 5. The van der Waals surface area contributed by atoms with Gasteiger partial charge in [0, 0.05) is 58.5 Å². The van der Waals surface area contributed by atoms with Crippen molar-refractivity contribution < 1.29 is 4.74 Å². The SMILES string of the molecule is C=C=C(CCCOC)c1cc2c(Nc3ccc4[nH]ccc4c3C)c(C#N)cnc2s1. The van der Waals surface area contributed by atoms with E-state index in [1.54, 1.807) is 24.6 Å². The first-order chi connectivity index (χ1) is 14.7. The number of aromatic amines is 1. The number of pyridine rings is 1. The van der Waals surface area contributed by atoms with Crippen molar-refractivity contribution >= 4 is 49.4 Å². The Morgan fingerprint density at radius 1 is 1.33 bits per heavy atom. The number of benzene rings is 1. The molecule has 0 unspecified atom stereocenters. The number of thiophene rings is 1. The summed E-state index contributed by atoms with van der Waals surface area (Å²) in [6, 6.07) is 10.5. The number of fused-ring (bicyclic) bond motifs is 2. The molecule has 4 aromatic rings. The normalized spacial score (nSPS) is 10.8. The van der Waals surface area contributed by atoms with Crippen molar-refractivity contribution in [1.29, 1.82) is 5.26 Å². The van der Waals surface area contributed by atoms with E-state index < -0.39 is 0 Å². The summed E-state index contributed by atoms with van der Waals surface area (Å²) in [5.74, 6) is 0. The molecule has 0 aliphatic heterocycles. The number of allylic oxidation sites excluding steroid dienone is 1. The van der Waals surface area contributed by atoms with Crippen molar-refractivity contribution in [3.8, 4) is 6.07 Å². The minimum atomic E-state index is 0.518. The van der Waals surface area contributed by atoms with Crippen LogP contribution in [0.2, 0.25) is 0 Å². The average Bonchev–Trinajstić information content (AvgIpc) is 3.41. The van der Waals surface area contributed by atoms with Gasteiger partial charge in [-0.2, -0.15) is 5.26 Å². The van der Waals surface area contributed by atoms with E-state index in [9.17, 15) is 5.26 Å². The van der Waals surface area contributed by atoms with Crippen molar-refractivity contribution in [2.24, 2.45) is 0 Å². The van der Waals surface area contributed by atoms with Gasteiger partial charge in [0.1, 0.15) is 10.9 Å². The van der Waals surface area contributed by atoms with E-state index in [0.717, 1.165) is 61.3 Å². The molecule has 2 N–H and O–H groups in total. The molecule has 5 nitrogen and oxygen atoms in total. The Bertz CT molecular complexity index is 1320. The lowest BCUT2D eigenvalue weighted by Gasteiger charge is -2.12. The van der Waals surface area contributed by atoms with E-state index in [-0.39, 0.29) is 0 Å². The molecule has 0 fully saturated rings. The third-order valence-electron chi connectivity index (χ3n) is 5.23. The fourth-order valence-corrected chi connectivity index (χ4v) is 4.66. The summed E-state index contributed by atoms with van der Waals surface area (Å²) in [5, 5.41) is 15.3. The Morgan fingerprint density at radius 3 is 2.97 bits per heavy atom. The molecule has 0 saturated heterocycles. The average molecular weight is 415 g/mol. The van der Waals surface area contributed by atoms with Crippen LogP contribution in [0.15, 0.2) is 49.0 Å². The first-order valence-electron chi connectivity index (χ1n) is 9.71. The Labute approximate surface area is 179 Å². The number of methoxy groups -OCH3 is 1. The standard InChI is InChI=1S/C24H22N4OS/c1-4-16(6-5-11-29-3)22-12-19-23(17(13-25)14-27-24(19)30-22)28-20-7-8-21-18(15(20)2)9-10-26-21/h7-10,12,14,26H,1,5-6,11H2,2-3H3,(H,27,28). The second kappa shape index (κ2) is 8.56. The molecule has 150 valence electrons. The fourth-order valence-electron chi connectivity index (χ4n) is 3.60. The number of anilines is 2. The van der Waals surface area contributed by atoms with Crippen molar-refractivity contribution in [1.82, 2.24) is 9.97 Å². The maximum Gasteiger partial charge on any atom is 0.126 e. The Morgan fingerprint density at radius 2 is 2.20 bits per heavy atom. The van der Waals surface area contributed by atoms with Crippen LogP contribution in [0.3, 0.4) is 0 Å². The third-order valence-corrected chi connectivity index (χ3v) is 6.33. The zero-order chi connectivity index (χ0) is 21.1. The number of rotatable bonds is 7. The second-order valence-electron chi connectivity index (χ2n) is 7.04. The summed E-state index contributed by atoms with van der Waals surface area (Å²) in [4.78, 5) is 9.70. The van der Waals surface area contributed by atoms with Crippen LogP contribution in [0.5, 0.6) is 0 Å². The molecule has 30 heavy (non-hydrogen) atoms. The largest absolute Gasteiger partial charge is 0.385 e. The van der Waals surface area contributed by atoms with Gasteiger partial charge < -0.3 is 15.0 Å². The van der Waals surface area contributed by atoms with Crippen molar-refractivity contribution in [3.63, 3.8) is 0 Å². The van der Waals surface area contributed by atoms with E-state index in [1.165, 1.54) is 0 Å². The molecule has 0 bridgehead atoms. The maximum atomic E-state index is 9.70. The molecule has 3 aromatic heterocycles. The van der Waals surface area contributed by atoms with Crippen molar-refractivity contribution in [2.45, 2.75) is 19.8 Å². The number of nitrogens with one attached hydrogen (secondary N) is 2. The van der Waals surface area contributed by atoms with Crippen LogP contribution in [0.1, 0.15) is 28.8 Å². The monoisotopic (exact) mass is 414 g/mol. The van der Waals surface area contributed by atoms with Gasteiger partial charge in [0.15, 0.2) is 0 Å². The lowest BCUT2D eigenvalue weighted by Crippen LogP contribution is -1.97. The first kappa shape index (κ1) is 19.9.